The Hall–Kier alpha value is -0.570. The van der Waals surface area contributed by atoms with E-state index in [1.165, 1.54) is 32.1 Å². The minimum atomic E-state index is -0.789. The Morgan fingerprint density at radius 1 is 1.06 bits per heavy atom. The van der Waals surface area contributed by atoms with Gasteiger partial charge in [0, 0.05) is 0 Å². The summed E-state index contributed by atoms with van der Waals surface area (Å²) < 4.78 is 0. The quantitative estimate of drug-likeness (QED) is 0.803. The van der Waals surface area contributed by atoms with Crippen molar-refractivity contribution in [1.82, 2.24) is 0 Å². The van der Waals surface area contributed by atoms with Gasteiger partial charge in [-0.2, -0.15) is 0 Å². The predicted octanol–water partition coefficient (Wildman–Crippen LogP) is 1.90. The second kappa shape index (κ2) is 3.96. The number of nitrogens with two attached hydrogens (primary N) is 2. The Bertz CT molecular complexity index is 338. The number of rotatable bonds is 3. The molecule has 0 aromatic heterocycles. The van der Waals surface area contributed by atoms with Crippen LogP contribution in [-0.4, -0.2) is 11.4 Å². The van der Waals surface area contributed by atoms with Crippen LogP contribution in [0.25, 0.3) is 0 Å². The third-order valence-electron chi connectivity index (χ3n) is 6.16. The third-order valence-corrected chi connectivity index (χ3v) is 6.16. The molecule has 4 fully saturated rings. The maximum Gasteiger partial charge on any atom is 0.238 e. The lowest BCUT2D eigenvalue weighted by molar-refractivity contribution is -0.138. The fourth-order valence-corrected chi connectivity index (χ4v) is 5.54. The molecule has 102 valence electrons. The molecule has 3 heteroatoms. The molecule has 1 unspecified atom stereocenters. The maximum atomic E-state index is 12.0. The molecule has 4 rings (SSSR count). The Labute approximate surface area is 110 Å². The fourth-order valence-electron chi connectivity index (χ4n) is 5.54. The smallest absolute Gasteiger partial charge is 0.238 e. The van der Waals surface area contributed by atoms with Crippen molar-refractivity contribution < 1.29 is 4.79 Å². The van der Waals surface area contributed by atoms with Crippen molar-refractivity contribution in [2.24, 2.45) is 47.0 Å². The maximum absolute atomic E-state index is 12.0. The molecule has 1 atom stereocenters. The molecule has 0 saturated heterocycles. The molecule has 0 heterocycles. The average Bonchev–Trinajstić information content (AvgIpc) is 2.26. The molecule has 3 nitrogen and oxygen atoms in total. The van der Waals surface area contributed by atoms with E-state index in [1.807, 2.05) is 0 Å². The van der Waals surface area contributed by atoms with Crippen LogP contribution in [0.3, 0.4) is 0 Å². The monoisotopic (exact) mass is 250 g/mol. The van der Waals surface area contributed by atoms with Gasteiger partial charge in [-0.05, 0) is 67.6 Å². The number of primary amides is 1. The van der Waals surface area contributed by atoms with Crippen molar-refractivity contribution in [3.8, 4) is 0 Å². The SMILES string of the molecule is CC(C)C(N)(C(N)=O)C1C2CC3CC(C2)CC1C3. The summed E-state index contributed by atoms with van der Waals surface area (Å²) >= 11 is 0. The third kappa shape index (κ3) is 1.56. The van der Waals surface area contributed by atoms with Gasteiger partial charge in [0.2, 0.25) is 5.91 Å². The normalized spacial score (nSPS) is 45.2. The highest BCUT2D eigenvalue weighted by Crippen LogP contribution is 2.59. The summed E-state index contributed by atoms with van der Waals surface area (Å²) in [5.74, 6) is 3.32. The minimum absolute atomic E-state index is 0.137. The average molecular weight is 250 g/mol. The number of amides is 1. The second-order valence-electron chi connectivity index (χ2n) is 7.41. The van der Waals surface area contributed by atoms with Crippen molar-refractivity contribution in [2.45, 2.75) is 51.5 Å². The van der Waals surface area contributed by atoms with Crippen LogP contribution in [0.1, 0.15) is 46.0 Å². The molecule has 0 spiro atoms. The van der Waals surface area contributed by atoms with E-state index in [4.69, 9.17) is 11.5 Å². The van der Waals surface area contributed by atoms with E-state index in [-0.39, 0.29) is 11.8 Å². The van der Waals surface area contributed by atoms with E-state index in [2.05, 4.69) is 13.8 Å². The van der Waals surface area contributed by atoms with Crippen LogP contribution >= 0.6 is 0 Å². The highest BCUT2D eigenvalue weighted by atomic mass is 16.1. The molecular weight excluding hydrogens is 224 g/mol. The zero-order chi connectivity index (χ0) is 13.1. The zero-order valence-electron chi connectivity index (χ0n) is 11.6. The van der Waals surface area contributed by atoms with Gasteiger partial charge in [-0.3, -0.25) is 4.79 Å². The van der Waals surface area contributed by atoms with Crippen LogP contribution in [0, 0.1) is 35.5 Å². The molecule has 0 aromatic carbocycles. The van der Waals surface area contributed by atoms with Gasteiger partial charge in [0.05, 0.1) is 0 Å². The minimum Gasteiger partial charge on any atom is -0.368 e. The first-order valence-corrected chi connectivity index (χ1v) is 7.51. The highest BCUT2D eigenvalue weighted by molar-refractivity contribution is 5.85. The first kappa shape index (κ1) is 12.5. The van der Waals surface area contributed by atoms with Crippen LogP contribution in [0.2, 0.25) is 0 Å². The van der Waals surface area contributed by atoms with Crippen molar-refractivity contribution >= 4 is 5.91 Å². The fraction of sp³-hybridized carbons (Fsp3) is 0.933. The van der Waals surface area contributed by atoms with Crippen molar-refractivity contribution in [1.29, 1.82) is 0 Å². The summed E-state index contributed by atoms with van der Waals surface area (Å²) in [6.07, 6.45) is 6.58. The van der Waals surface area contributed by atoms with Crippen LogP contribution in [0.15, 0.2) is 0 Å². The molecule has 18 heavy (non-hydrogen) atoms. The summed E-state index contributed by atoms with van der Waals surface area (Å²) in [6, 6.07) is 0. The van der Waals surface area contributed by atoms with Crippen molar-refractivity contribution in [3.63, 3.8) is 0 Å². The van der Waals surface area contributed by atoms with Gasteiger partial charge in [0.1, 0.15) is 5.54 Å². The summed E-state index contributed by atoms with van der Waals surface area (Å²) in [7, 11) is 0. The second-order valence-corrected chi connectivity index (χ2v) is 7.41. The number of hydrogen-bond acceptors (Lipinski definition) is 2. The van der Waals surface area contributed by atoms with E-state index in [0.29, 0.717) is 17.8 Å². The number of carbonyl (C=O) groups excluding carboxylic acids is 1. The van der Waals surface area contributed by atoms with Crippen molar-refractivity contribution in [2.75, 3.05) is 0 Å². The van der Waals surface area contributed by atoms with E-state index >= 15 is 0 Å². The number of carbonyl (C=O) groups is 1. The van der Waals surface area contributed by atoms with Gasteiger partial charge in [0.25, 0.3) is 0 Å². The van der Waals surface area contributed by atoms with Crippen LogP contribution in [0.4, 0.5) is 0 Å². The lowest BCUT2D eigenvalue weighted by Gasteiger charge is -2.59. The molecule has 4 saturated carbocycles. The molecule has 4 aliphatic carbocycles. The van der Waals surface area contributed by atoms with Gasteiger partial charge in [-0.25, -0.2) is 0 Å². The van der Waals surface area contributed by atoms with E-state index < -0.39 is 5.54 Å². The molecule has 4 N–H and O–H groups in total. The summed E-state index contributed by atoms with van der Waals surface area (Å²) in [4.78, 5) is 12.0. The lowest BCUT2D eigenvalue weighted by atomic mass is 9.47. The van der Waals surface area contributed by atoms with E-state index in [9.17, 15) is 4.79 Å². The van der Waals surface area contributed by atoms with Gasteiger partial charge in [-0.15, -0.1) is 0 Å². The van der Waals surface area contributed by atoms with E-state index in [1.54, 1.807) is 0 Å². The Kier molecular flexibility index (Phi) is 2.74. The van der Waals surface area contributed by atoms with Crippen LogP contribution in [0.5, 0.6) is 0 Å². The van der Waals surface area contributed by atoms with Gasteiger partial charge in [0.15, 0.2) is 0 Å². The number of hydrogen-bond donors (Lipinski definition) is 2. The Morgan fingerprint density at radius 2 is 1.50 bits per heavy atom. The Balaban J connectivity index is 1.94. The highest BCUT2D eigenvalue weighted by Gasteiger charge is 2.57. The molecule has 0 radical (unpaired) electrons. The largest absolute Gasteiger partial charge is 0.368 e. The molecule has 4 bridgehead atoms. The molecule has 1 amide bonds. The molecular formula is C15H26N2O. The van der Waals surface area contributed by atoms with Gasteiger partial charge < -0.3 is 11.5 Å². The van der Waals surface area contributed by atoms with Crippen LogP contribution < -0.4 is 11.5 Å². The molecule has 0 aliphatic heterocycles. The predicted molar refractivity (Wildman–Crippen MR) is 71.5 cm³/mol. The molecule has 0 aromatic rings. The topological polar surface area (TPSA) is 69.1 Å². The van der Waals surface area contributed by atoms with Crippen molar-refractivity contribution in [3.05, 3.63) is 0 Å². The van der Waals surface area contributed by atoms with E-state index in [0.717, 1.165) is 11.8 Å². The summed E-state index contributed by atoms with van der Waals surface area (Å²) in [5, 5.41) is 0. The molecule has 4 aliphatic rings. The summed E-state index contributed by atoms with van der Waals surface area (Å²) in [6.45, 7) is 4.10. The first-order valence-electron chi connectivity index (χ1n) is 7.51. The van der Waals surface area contributed by atoms with Gasteiger partial charge in [-0.1, -0.05) is 13.8 Å². The van der Waals surface area contributed by atoms with Crippen LogP contribution in [-0.2, 0) is 4.79 Å². The Morgan fingerprint density at radius 3 is 1.83 bits per heavy atom. The first-order chi connectivity index (χ1) is 8.42. The lowest BCUT2D eigenvalue weighted by Crippen LogP contribution is -2.67. The summed E-state index contributed by atoms with van der Waals surface area (Å²) in [5.41, 5.74) is 11.4. The zero-order valence-corrected chi connectivity index (χ0v) is 11.6. The standard InChI is InChI=1S/C15H26N2O/c1-8(2)15(17,14(16)18)13-11-4-9-3-10(6-11)7-12(13)5-9/h8-13H,3-7,17H2,1-2H3,(H2,16,18). The van der Waals surface area contributed by atoms with Gasteiger partial charge >= 0.3 is 0 Å².